The van der Waals surface area contributed by atoms with Crippen LogP contribution in [0.3, 0.4) is 0 Å². The first kappa shape index (κ1) is 18.0. The van der Waals surface area contributed by atoms with Gasteiger partial charge in [0.05, 0.1) is 7.11 Å². The van der Waals surface area contributed by atoms with Crippen molar-refractivity contribution in [2.45, 2.75) is 52.8 Å². The molecule has 5 heteroatoms. The van der Waals surface area contributed by atoms with E-state index in [0.29, 0.717) is 6.54 Å². The number of benzene rings is 1. The molecule has 1 unspecified atom stereocenters. The summed E-state index contributed by atoms with van der Waals surface area (Å²) in [6.07, 6.45) is -0.636. The number of halogens is 1. The van der Waals surface area contributed by atoms with Crippen LogP contribution in [0.4, 0.5) is 0 Å². The van der Waals surface area contributed by atoms with Crippen molar-refractivity contribution in [3.8, 4) is 5.75 Å². The van der Waals surface area contributed by atoms with Gasteiger partial charge in [-0.1, -0.05) is 15.9 Å². The number of aryl methyl sites for hydroxylation is 1. The van der Waals surface area contributed by atoms with Gasteiger partial charge >= 0.3 is 5.97 Å². The van der Waals surface area contributed by atoms with E-state index < -0.39 is 6.10 Å². The van der Waals surface area contributed by atoms with Crippen molar-refractivity contribution < 1.29 is 14.3 Å². The lowest BCUT2D eigenvalue weighted by molar-refractivity contribution is -0.147. The lowest BCUT2D eigenvalue weighted by atomic mass is 10.1. The van der Waals surface area contributed by atoms with Crippen LogP contribution in [0.5, 0.6) is 5.75 Å². The smallest absolute Gasteiger partial charge is 0.346 e. The molecule has 1 aromatic carbocycles. The van der Waals surface area contributed by atoms with Crippen LogP contribution in [0.1, 0.15) is 38.8 Å². The van der Waals surface area contributed by atoms with E-state index in [0.717, 1.165) is 21.3 Å². The standard InChI is InChI=1S/C16H24BrNO3/c1-10-7-13(17)8-12(9-18-16(3,4)5)14(10)21-11(2)15(19)20-6/h7-8,11,18H,9H2,1-6H3. The maximum atomic E-state index is 11.6. The summed E-state index contributed by atoms with van der Waals surface area (Å²) in [6.45, 7) is 10.6. The van der Waals surface area contributed by atoms with E-state index in [9.17, 15) is 4.79 Å². The first-order chi connectivity index (χ1) is 9.64. The molecule has 1 atom stereocenters. The Morgan fingerprint density at radius 2 is 2.00 bits per heavy atom. The van der Waals surface area contributed by atoms with Gasteiger partial charge in [-0.05, 0) is 52.3 Å². The van der Waals surface area contributed by atoms with E-state index in [2.05, 4.69) is 42.0 Å². The second kappa shape index (κ2) is 7.27. The number of nitrogens with one attached hydrogen (secondary N) is 1. The monoisotopic (exact) mass is 357 g/mol. The Bertz CT molecular complexity index is 509. The Morgan fingerprint density at radius 3 is 2.52 bits per heavy atom. The van der Waals surface area contributed by atoms with Crippen molar-refractivity contribution in [3.63, 3.8) is 0 Å². The van der Waals surface area contributed by atoms with Crippen LogP contribution in [0.25, 0.3) is 0 Å². The van der Waals surface area contributed by atoms with Crippen LogP contribution in [-0.4, -0.2) is 24.7 Å². The number of carbonyl (C=O) groups is 1. The van der Waals surface area contributed by atoms with Crippen LogP contribution in [0, 0.1) is 6.92 Å². The molecule has 0 aliphatic heterocycles. The molecule has 1 aromatic rings. The molecule has 0 aliphatic rings. The average molecular weight is 358 g/mol. The third kappa shape index (κ3) is 5.67. The lowest BCUT2D eigenvalue weighted by Gasteiger charge is -2.23. The molecule has 0 saturated carbocycles. The van der Waals surface area contributed by atoms with Crippen molar-refractivity contribution in [2.75, 3.05) is 7.11 Å². The first-order valence-corrected chi connectivity index (χ1v) is 7.72. The summed E-state index contributed by atoms with van der Waals surface area (Å²) in [5.74, 6) is 0.347. The summed E-state index contributed by atoms with van der Waals surface area (Å²) in [7, 11) is 1.36. The zero-order valence-corrected chi connectivity index (χ0v) is 15.1. The molecule has 21 heavy (non-hydrogen) atoms. The third-order valence-corrected chi connectivity index (χ3v) is 3.41. The highest BCUT2D eigenvalue weighted by Gasteiger charge is 2.19. The van der Waals surface area contributed by atoms with Gasteiger partial charge in [0.15, 0.2) is 6.10 Å². The van der Waals surface area contributed by atoms with Gasteiger partial charge in [-0.3, -0.25) is 0 Å². The minimum atomic E-state index is -0.636. The fourth-order valence-electron chi connectivity index (χ4n) is 1.85. The molecule has 0 bridgehead atoms. The first-order valence-electron chi connectivity index (χ1n) is 6.92. The van der Waals surface area contributed by atoms with Crippen molar-refractivity contribution in [3.05, 3.63) is 27.7 Å². The SMILES string of the molecule is COC(=O)C(C)Oc1c(C)cc(Br)cc1CNC(C)(C)C. The van der Waals surface area contributed by atoms with Crippen molar-refractivity contribution in [1.82, 2.24) is 5.32 Å². The van der Waals surface area contributed by atoms with Crippen molar-refractivity contribution in [1.29, 1.82) is 0 Å². The van der Waals surface area contributed by atoms with E-state index in [1.54, 1.807) is 6.92 Å². The minimum absolute atomic E-state index is 0.00145. The summed E-state index contributed by atoms with van der Waals surface area (Å²) in [5.41, 5.74) is 1.99. The fraction of sp³-hybridized carbons (Fsp3) is 0.562. The highest BCUT2D eigenvalue weighted by Crippen LogP contribution is 2.29. The van der Waals surface area contributed by atoms with E-state index in [4.69, 9.17) is 9.47 Å². The second-order valence-corrected chi connectivity index (χ2v) is 7.01. The number of hydrogen-bond donors (Lipinski definition) is 1. The van der Waals surface area contributed by atoms with Crippen LogP contribution < -0.4 is 10.1 Å². The maximum absolute atomic E-state index is 11.6. The van der Waals surface area contributed by atoms with E-state index in [1.807, 2.05) is 19.1 Å². The molecule has 0 spiro atoms. The molecule has 0 heterocycles. The van der Waals surface area contributed by atoms with E-state index >= 15 is 0 Å². The highest BCUT2D eigenvalue weighted by atomic mass is 79.9. The van der Waals surface area contributed by atoms with Crippen molar-refractivity contribution >= 4 is 21.9 Å². The van der Waals surface area contributed by atoms with E-state index in [-0.39, 0.29) is 11.5 Å². The zero-order valence-electron chi connectivity index (χ0n) is 13.5. The summed E-state index contributed by atoms with van der Waals surface area (Å²) in [5, 5.41) is 3.43. The van der Waals surface area contributed by atoms with Gasteiger partial charge in [-0.25, -0.2) is 4.79 Å². The summed E-state index contributed by atoms with van der Waals surface area (Å²) in [6, 6.07) is 3.98. The van der Waals surface area contributed by atoms with Crippen LogP contribution >= 0.6 is 15.9 Å². The second-order valence-electron chi connectivity index (χ2n) is 6.10. The predicted octanol–water partition coefficient (Wildman–Crippen LogP) is 3.59. The Hall–Kier alpha value is -1.07. The number of ether oxygens (including phenoxy) is 2. The highest BCUT2D eigenvalue weighted by molar-refractivity contribution is 9.10. The normalized spacial score (nSPS) is 12.9. The number of hydrogen-bond acceptors (Lipinski definition) is 4. The van der Waals surface area contributed by atoms with Gasteiger partial charge in [0, 0.05) is 22.1 Å². The molecular weight excluding hydrogens is 334 g/mol. The molecule has 0 radical (unpaired) electrons. The summed E-state index contributed by atoms with van der Waals surface area (Å²) >= 11 is 3.50. The number of rotatable bonds is 5. The molecule has 0 saturated heterocycles. The fourth-order valence-corrected chi connectivity index (χ4v) is 2.47. The van der Waals surface area contributed by atoms with Gasteiger partial charge in [-0.2, -0.15) is 0 Å². The minimum Gasteiger partial charge on any atom is -0.478 e. The Labute approximate surface area is 135 Å². The Kier molecular flexibility index (Phi) is 6.23. The molecule has 118 valence electrons. The van der Waals surface area contributed by atoms with Crippen LogP contribution in [0.15, 0.2) is 16.6 Å². The van der Waals surface area contributed by atoms with Gasteiger partial charge in [-0.15, -0.1) is 0 Å². The van der Waals surface area contributed by atoms with E-state index in [1.165, 1.54) is 7.11 Å². The van der Waals surface area contributed by atoms with Crippen LogP contribution in [-0.2, 0) is 16.1 Å². The lowest BCUT2D eigenvalue weighted by Crippen LogP contribution is -2.35. The third-order valence-electron chi connectivity index (χ3n) is 2.95. The van der Waals surface area contributed by atoms with Gasteiger partial charge in [0.1, 0.15) is 5.75 Å². The Balaban J connectivity index is 3.03. The molecule has 1 N–H and O–H groups in total. The molecule has 0 aromatic heterocycles. The van der Waals surface area contributed by atoms with Gasteiger partial charge in [0.2, 0.25) is 0 Å². The summed E-state index contributed by atoms with van der Waals surface area (Å²) < 4.78 is 11.5. The quantitative estimate of drug-likeness (QED) is 0.818. The molecular formula is C16H24BrNO3. The predicted molar refractivity (Wildman–Crippen MR) is 87.6 cm³/mol. The van der Waals surface area contributed by atoms with Crippen LogP contribution in [0.2, 0.25) is 0 Å². The molecule has 0 fully saturated rings. The number of methoxy groups -OCH3 is 1. The number of carbonyl (C=O) groups excluding carboxylic acids is 1. The topological polar surface area (TPSA) is 47.6 Å². The summed E-state index contributed by atoms with van der Waals surface area (Å²) in [4.78, 5) is 11.6. The number of esters is 1. The molecule has 4 nitrogen and oxygen atoms in total. The zero-order chi connectivity index (χ0) is 16.2. The molecule has 0 amide bonds. The maximum Gasteiger partial charge on any atom is 0.346 e. The Morgan fingerprint density at radius 1 is 1.38 bits per heavy atom. The average Bonchev–Trinajstić information content (AvgIpc) is 2.37. The van der Waals surface area contributed by atoms with Gasteiger partial charge < -0.3 is 14.8 Å². The molecule has 1 rings (SSSR count). The molecule has 0 aliphatic carbocycles. The largest absolute Gasteiger partial charge is 0.478 e. The van der Waals surface area contributed by atoms with Gasteiger partial charge in [0.25, 0.3) is 0 Å². The van der Waals surface area contributed by atoms with Crippen molar-refractivity contribution in [2.24, 2.45) is 0 Å².